The van der Waals surface area contributed by atoms with E-state index in [1.165, 1.54) is 0 Å². The fourth-order valence-corrected chi connectivity index (χ4v) is 1.60. The van der Waals surface area contributed by atoms with Gasteiger partial charge in [-0.25, -0.2) is 9.59 Å². The molecule has 9 heteroatoms. The van der Waals surface area contributed by atoms with Gasteiger partial charge < -0.3 is 25.3 Å². The van der Waals surface area contributed by atoms with Crippen LogP contribution >= 0.6 is 0 Å². The second-order valence-corrected chi connectivity index (χ2v) is 3.78. The first-order valence-electron chi connectivity index (χ1n) is 5.11. The van der Waals surface area contributed by atoms with Crippen molar-refractivity contribution >= 4 is 0 Å². The summed E-state index contributed by atoms with van der Waals surface area (Å²) in [7, 11) is 0. The van der Waals surface area contributed by atoms with Crippen LogP contribution in [0.4, 0.5) is 0 Å². The zero-order valence-electron chi connectivity index (χ0n) is 9.20. The molecule has 18 heavy (non-hydrogen) atoms. The number of hydrogen-bond acceptors (Lipinski definition) is 5. The molecule has 0 radical (unpaired) electrons. The zero-order chi connectivity index (χ0) is 13.3. The van der Waals surface area contributed by atoms with Crippen LogP contribution in [0.3, 0.4) is 0 Å². The van der Waals surface area contributed by atoms with Gasteiger partial charge >= 0.3 is 11.4 Å². The highest BCUT2D eigenvalue weighted by Crippen LogP contribution is 2.07. The molecule has 9 nitrogen and oxygen atoms in total. The van der Waals surface area contributed by atoms with Gasteiger partial charge in [0.25, 0.3) is 0 Å². The fourth-order valence-electron chi connectivity index (χ4n) is 1.60. The van der Waals surface area contributed by atoms with E-state index in [0.29, 0.717) is 0 Å². The largest absolute Gasteiger partial charge is 0.493 e. The number of aromatic hydroxyl groups is 2. The SMILES string of the molecule is O=c1[nH]cc(O)n1CC(O)Cn1c(O)c[nH]c1=O. The molecule has 0 aliphatic rings. The van der Waals surface area contributed by atoms with Crippen LogP contribution in [0.5, 0.6) is 11.8 Å². The lowest BCUT2D eigenvalue weighted by molar-refractivity contribution is 0.125. The van der Waals surface area contributed by atoms with Crippen molar-refractivity contribution in [2.75, 3.05) is 0 Å². The summed E-state index contributed by atoms with van der Waals surface area (Å²) in [5.41, 5.74) is -1.14. The van der Waals surface area contributed by atoms with Gasteiger partial charge in [-0.3, -0.25) is 9.13 Å². The van der Waals surface area contributed by atoms with Crippen LogP contribution in [-0.2, 0) is 13.1 Å². The molecule has 98 valence electrons. The maximum atomic E-state index is 11.2. The van der Waals surface area contributed by atoms with E-state index in [4.69, 9.17) is 0 Å². The third kappa shape index (κ3) is 2.15. The molecule has 0 saturated heterocycles. The summed E-state index contributed by atoms with van der Waals surface area (Å²) in [6.07, 6.45) is 1.06. The molecular formula is C9H12N4O5. The summed E-state index contributed by atoms with van der Waals surface area (Å²) in [6, 6.07) is 0. The summed E-state index contributed by atoms with van der Waals surface area (Å²) in [5, 5.41) is 28.3. The highest BCUT2D eigenvalue weighted by atomic mass is 16.3. The van der Waals surface area contributed by atoms with Crippen molar-refractivity contribution in [1.29, 1.82) is 0 Å². The van der Waals surface area contributed by atoms with Crippen molar-refractivity contribution < 1.29 is 15.3 Å². The summed E-state index contributed by atoms with van der Waals surface area (Å²) in [4.78, 5) is 26.9. The van der Waals surface area contributed by atoms with E-state index in [-0.39, 0.29) is 24.8 Å². The predicted molar refractivity (Wildman–Crippen MR) is 59.4 cm³/mol. The molecule has 0 spiro atoms. The Morgan fingerprint density at radius 2 is 1.39 bits per heavy atom. The van der Waals surface area contributed by atoms with Crippen molar-refractivity contribution in [3.8, 4) is 11.8 Å². The number of aromatic nitrogens is 4. The molecule has 0 aliphatic carbocycles. The van der Waals surface area contributed by atoms with Gasteiger partial charge in [0.2, 0.25) is 11.8 Å². The maximum absolute atomic E-state index is 11.2. The Balaban J connectivity index is 2.13. The average Bonchev–Trinajstić information content (AvgIpc) is 2.79. The number of nitrogens with zero attached hydrogens (tertiary/aromatic N) is 2. The van der Waals surface area contributed by atoms with Crippen LogP contribution in [0.25, 0.3) is 0 Å². The van der Waals surface area contributed by atoms with Crippen LogP contribution in [0.1, 0.15) is 0 Å². The van der Waals surface area contributed by atoms with Gasteiger partial charge in [0.1, 0.15) is 0 Å². The number of hydrogen-bond donors (Lipinski definition) is 5. The van der Waals surface area contributed by atoms with Crippen LogP contribution in [0, 0.1) is 0 Å². The Morgan fingerprint density at radius 1 is 1.00 bits per heavy atom. The predicted octanol–water partition coefficient (Wildman–Crippen LogP) is -1.86. The number of nitrogens with one attached hydrogen (secondary N) is 2. The van der Waals surface area contributed by atoms with Gasteiger partial charge in [0.05, 0.1) is 31.6 Å². The smallest absolute Gasteiger partial charge is 0.328 e. The highest BCUT2D eigenvalue weighted by molar-refractivity contribution is 5.04. The minimum Gasteiger partial charge on any atom is -0.493 e. The van der Waals surface area contributed by atoms with Crippen LogP contribution in [-0.4, -0.2) is 40.5 Å². The van der Waals surface area contributed by atoms with Crippen molar-refractivity contribution in [3.63, 3.8) is 0 Å². The maximum Gasteiger partial charge on any atom is 0.328 e. The Kier molecular flexibility index (Phi) is 2.98. The van der Waals surface area contributed by atoms with Crippen molar-refractivity contribution in [2.24, 2.45) is 0 Å². The van der Waals surface area contributed by atoms with E-state index in [1.807, 2.05) is 0 Å². The number of imidazole rings is 2. The molecule has 2 rings (SSSR count). The highest BCUT2D eigenvalue weighted by Gasteiger charge is 2.14. The van der Waals surface area contributed by atoms with Crippen molar-refractivity contribution in [1.82, 2.24) is 19.1 Å². The first-order chi connectivity index (χ1) is 8.49. The van der Waals surface area contributed by atoms with E-state index in [0.717, 1.165) is 21.5 Å². The normalized spacial score (nSPS) is 11.2. The number of aromatic amines is 2. The summed E-state index contributed by atoms with van der Waals surface area (Å²) in [6.45, 7) is -0.406. The van der Waals surface area contributed by atoms with Gasteiger partial charge in [-0.1, -0.05) is 0 Å². The molecule has 2 aromatic rings. The van der Waals surface area contributed by atoms with Crippen molar-refractivity contribution in [2.45, 2.75) is 19.2 Å². The van der Waals surface area contributed by atoms with Gasteiger partial charge in [0.15, 0.2) is 0 Å². The topological polar surface area (TPSA) is 136 Å². The summed E-state index contributed by atoms with van der Waals surface area (Å²) < 4.78 is 1.83. The minimum atomic E-state index is -1.12. The van der Waals surface area contributed by atoms with E-state index in [9.17, 15) is 24.9 Å². The summed E-state index contributed by atoms with van der Waals surface area (Å²) in [5.74, 6) is -0.630. The summed E-state index contributed by atoms with van der Waals surface area (Å²) >= 11 is 0. The fraction of sp³-hybridized carbons (Fsp3) is 0.333. The van der Waals surface area contributed by atoms with Gasteiger partial charge in [-0.15, -0.1) is 0 Å². The Bertz CT molecular complexity index is 592. The van der Waals surface area contributed by atoms with Crippen LogP contribution in [0.15, 0.2) is 22.0 Å². The average molecular weight is 256 g/mol. The monoisotopic (exact) mass is 256 g/mol. The lowest BCUT2D eigenvalue weighted by atomic mass is 10.3. The van der Waals surface area contributed by atoms with E-state index >= 15 is 0 Å². The lowest BCUT2D eigenvalue weighted by Crippen LogP contribution is -2.30. The molecular weight excluding hydrogens is 244 g/mol. The van der Waals surface area contributed by atoms with Gasteiger partial charge in [-0.2, -0.15) is 0 Å². The first-order valence-corrected chi connectivity index (χ1v) is 5.11. The Hall–Kier alpha value is -2.42. The Morgan fingerprint density at radius 3 is 1.67 bits per heavy atom. The number of H-pyrrole nitrogens is 2. The van der Waals surface area contributed by atoms with E-state index in [1.54, 1.807) is 0 Å². The minimum absolute atomic E-state index is 0.203. The zero-order valence-corrected chi connectivity index (χ0v) is 9.20. The quantitative estimate of drug-likeness (QED) is 0.437. The molecule has 0 atom stereocenters. The van der Waals surface area contributed by atoms with Gasteiger partial charge in [-0.05, 0) is 0 Å². The van der Waals surface area contributed by atoms with Crippen molar-refractivity contribution in [3.05, 3.63) is 33.4 Å². The third-order valence-electron chi connectivity index (χ3n) is 2.48. The molecule has 2 aromatic heterocycles. The van der Waals surface area contributed by atoms with Gasteiger partial charge in [0, 0.05) is 0 Å². The Labute approximate surface area is 99.6 Å². The lowest BCUT2D eigenvalue weighted by Gasteiger charge is -2.11. The van der Waals surface area contributed by atoms with Crippen LogP contribution < -0.4 is 11.4 Å². The standard InChI is InChI=1S/C9H12N4O5/c14-5(3-12-6(15)1-10-8(12)17)4-13-7(16)2-11-9(13)18/h1-2,5,14-16H,3-4H2,(H,10,17)(H,11,18). The molecule has 5 N–H and O–H groups in total. The molecule has 0 fully saturated rings. The second-order valence-electron chi connectivity index (χ2n) is 3.78. The molecule has 0 aliphatic heterocycles. The number of aliphatic hydroxyl groups is 1. The number of rotatable bonds is 4. The van der Waals surface area contributed by atoms with E-state index in [2.05, 4.69) is 9.97 Å². The molecule has 2 heterocycles. The molecule has 0 bridgehead atoms. The molecule has 0 unspecified atom stereocenters. The van der Waals surface area contributed by atoms with Crippen LogP contribution in [0.2, 0.25) is 0 Å². The first kappa shape index (κ1) is 12.0. The number of aliphatic hydroxyl groups excluding tert-OH is 1. The molecule has 0 saturated carbocycles. The molecule has 0 amide bonds. The van der Waals surface area contributed by atoms with E-state index < -0.39 is 17.5 Å². The third-order valence-corrected chi connectivity index (χ3v) is 2.48. The second kappa shape index (κ2) is 4.45. The molecule has 0 aromatic carbocycles.